The van der Waals surface area contributed by atoms with Crippen LogP contribution < -0.4 is 5.32 Å². The number of anilines is 1. The summed E-state index contributed by atoms with van der Waals surface area (Å²) in [6.45, 7) is 0. The fraction of sp³-hybridized carbons (Fsp3) is 0.0278. The molecule has 2 nitrogen and oxygen atoms in total. The second-order valence-corrected chi connectivity index (χ2v) is 11.1. The van der Waals surface area contributed by atoms with Crippen molar-refractivity contribution in [1.82, 2.24) is 4.98 Å². The molecule has 1 N–H and O–H groups in total. The molecule has 0 saturated carbocycles. The maximum Gasteiger partial charge on any atom is 0.0947 e. The van der Waals surface area contributed by atoms with Crippen LogP contribution in [0.2, 0.25) is 0 Å². The van der Waals surface area contributed by atoms with Crippen LogP contribution in [-0.2, 0) is 0 Å². The number of hydrogen-bond acceptors (Lipinski definition) is 3. The fourth-order valence-corrected chi connectivity index (χ4v) is 6.95. The summed E-state index contributed by atoms with van der Waals surface area (Å²) in [7, 11) is 0. The molecule has 1 unspecified atom stereocenters. The van der Waals surface area contributed by atoms with Gasteiger partial charge in [0.1, 0.15) is 0 Å². The summed E-state index contributed by atoms with van der Waals surface area (Å²) in [6, 6.07) is 43.4. The number of thiophene rings is 1. The van der Waals surface area contributed by atoms with E-state index < -0.39 is 0 Å². The van der Waals surface area contributed by atoms with Crippen molar-refractivity contribution in [2.75, 3.05) is 5.32 Å². The molecule has 184 valence electrons. The molecule has 2 aromatic heterocycles. The summed E-state index contributed by atoms with van der Waals surface area (Å²) >= 11 is 1.88. The molecule has 0 amide bonds. The first-order valence-corrected chi connectivity index (χ1v) is 14.1. The molecule has 0 fully saturated rings. The maximum atomic E-state index is 5.09. The summed E-state index contributed by atoms with van der Waals surface area (Å²) < 4.78 is 2.69. The lowest BCUT2D eigenvalue weighted by atomic mass is 9.96. The summed E-state index contributed by atoms with van der Waals surface area (Å²) in [6.07, 6.45) is 4.47. The second kappa shape index (κ2) is 8.93. The molecule has 3 heterocycles. The van der Waals surface area contributed by atoms with E-state index in [9.17, 15) is 0 Å². The highest BCUT2D eigenvalue weighted by Crippen LogP contribution is 2.41. The number of hydrogen-bond donors (Lipinski definition) is 1. The molecule has 0 aliphatic carbocycles. The highest BCUT2D eigenvalue weighted by Gasteiger charge is 2.18. The Morgan fingerprint density at radius 2 is 1.44 bits per heavy atom. The van der Waals surface area contributed by atoms with Gasteiger partial charge < -0.3 is 5.32 Å². The average Bonchev–Trinajstić information content (AvgIpc) is 3.40. The molecule has 0 bridgehead atoms. The third kappa shape index (κ3) is 3.74. The standard InChI is InChI=1S/C36H24N2S/c1-2-7-24(8-3-1)31-21-19-26-17-18-27-20-22-32(38-35(27)34(26)37-31)25-15-13-23(14-16-25)28-10-6-11-30-29-9-4-5-12-33(29)39-36(28)30/h1-22,32,38H. The highest BCUT2D eigenvalue weighted by molar-refractivity contribution is 7.26. The van der Waals surface area contributed by atoms with Crippen LogP contribution in [0.4, 0.5) is 5.69 Å². The first-order valence-electron chi connectivity index (χ1n) is 13.3. The van der Waals surface area contributed by atoms with Crippen LogP contribution >= 0.6 is 11.3 Å². The van der Waals surface area contributed by atoms with Gasteiger partial charge in [-0.1, -0.05) is 121 Å². The first-order chi connectivity index (χ1) is 19.3. The molecule has 1 aliphatic rings. The smallest absolute Gasteiger partial charge is 0.0947 e. The van der Waals surface area contributed by atoms with Crippen molar-refractivity contribution in [1.29, 1.82) is 0 Å². The van der Waals surface area contributed by atoms with E-state index in [1.54, 1.807) is 0 Å². The van der Waals surface area contributed by atoms with Crippen LogP contribution in [0.25, 0.3) is 59.5 Å². The van der Waals surface area contributed by atoms with Crippen LogP contribution in [0, 0.1) is 0 Å². The lowest BCUT2D eigenvalue weighted by molar-refractivity contribution is 0.981. The number of benzene rings is 5. The largest absolute Gasteiger partial charge is 0.372 e. The quantitative estimate of drug-likeness (QED) is 0.253. The van der Waals surface area contributed by atoms with Gasteiger partial charge in [0.15, 0.2) is 0 Å². The SMILES string of the molecule is C1=CC(c2ccc(-c3cccc4c3sc3ccccc34)cc2)Nc2c1ccc1ccc(-c3ccccc3)nc21. The van der Waals surface area contributed by atoms with Gasteiger partial charge in [-0.15, -0.1) is 11.3 Å². The van der Waals surface area contributed by atoms with Gasteiger partial charge >= 0.3 is 0 Å². The summed E-state index contributed by atoms with van der Waals surface area (Å²) in [5, 5.41) is 7.60. The van der Waals surface area contributed by atoms with Crippen LogP contribution in [0.3, 0.4) is 0 Å². The van der Waals surface area contributed by atoms with E-state index in [4.69, 9.17) is 4.98 Å². The predicted molar refractivity (Wildman–Crippen MR) is 167 cm³/mol. The van der Waals surface area contributed by atoms with Crippen molar-refractivity contribution in [3.8, 4) is 22.4 Å². The molecule has 1 aliphatic heterocycles. The topological polar surface area (TPSA) is 24.9 Å². The van der Waals surface area contributed by atoms with Crippen molar-refractivity contribution in [2.24, 2.45) is 0 Å². The van der Waals surface area contributed by atoms with Crippen LogP contribution in [0.15, 0.2) is 127 Å². The van der Waals surface area contributed by atoms with Gasteiger partial charge in [0.25, 0.3) is 0 Å². The van der Waals surface area contributed by atoms with E-state index in [0.717, 1.165) is 27.8 Å². The normalized spacial score (nSPS) is 14.5. The summed E-state index contributed by atoms with van der Waals surface area (Å²) in [5.41, 5.74) is 9.17. The minimum absolute atomic E-state index is 0.0828. The molecule has 39 heavy (non-hydrogen) atoms. The van der Waals surface area contributed by atoms with Crippen LogP contribution in [0.1, 0.15) is 17.2 Å². The van der Waals surface area contributed by atoms with Crippen molar-refractivity contribution < 1.29 is 0 Å². The minimum atomic E-state index is 0.0828. The Morgan fingerprint density at radius 3 is 2.33 bits per heavy atom. The van der Waals surface area contributed by atoms with E-state index in [1.807, 2.05) is 17.4 Å². The monoisotopic (exact) mass is 516 g/mol. The number of rotatable bonds is 3. The third-order valence-electron chi connectivity index (χ3n) is 7.72. The van der Waals surface area contributed by atoms with E-state index in [2.05, 4.69) is 133 Å². The van der Waals surface area contributed by atoms with Crippen molar-refractivity contribution in [3.05, 3.63) is 139 Å². The zero-order chi connectivity index (χ0) is 25.8. The van der Waals surface area contributed by atoms with Crippen LogP contribution in [-0.4, -0.2) is 4.98 Å². The first kappa shape index (κ1) is 22.3. The van der Waals surface area contributed by atoms with Gasteiger partial charge in [0, 0.05) is 31.1 Å². The van der Waals surface area contributed by atoms with E-state index in [0.29, 0.717) is 0 Å². The van der Waals surface area contributed by atoms with Gasteiger partial charge in [0.05, 0.1) is 22.9 Å². The van der Waals surface area contributed by atoms with Gasteiger partial charge in [-0.2, -0.15) is 0 Å². The number of pyridine rings is 1. The zero-order valence-electron chi connectivity index (χ0n) is 21.1. The fourth-order valence-electron chi connectivity index (χ4n) is 5.71. The van der Waals surface area contributed by atoms with Crippen molar-refractivity contribution in [3.63, 3.8) is 0 Å². The molecular formula is C36H24N2S. The highest BCUT2D eigenvalue weighted by atomic mass is 32.1. The Morgan fingerprint density at radius 1 is 0.641 bits per heavy atom. The van der Waals surface area contributed by atoms with E-state index in [1.165, 1.54) is 42.4 Å². The molecule has 5 aromatic carbocycles. The number of fused-ring (bicyclic) bond motifs is 6. The minimum Gasteiger partial charge on any atom is -0.372 e. The van der Waals surface area contributed by atoms with Gasteiger partial charge in [-0.25, -0.2) is 4.98 Å². The molecule has 0 radical (unpaired) electrons. The molecule has 0 spiro atoms. The molecule has 0 saturated heterocycles. The molecule has 1 atom stereocenters. The van der Waals surface area contributed by atoms with Gasteiger partial charge in [0.2, 0.25) is 0 Å². The molecule has 3 heteroatoms. The number of nitrogens with one attached hydrogen (secondary N) is 1. The van der Waals surface area contributed by atoms with Gasteiger partial charge in [-0.05, 0) is 34.4 Å². The Labute approximate surface area is 230 Å². The summed E-state index contributed by atoms with van der Waals surface area (Å²) in [4.78, 5) is 5.09. The molecule has 7 aromatic rings. The summed E-state index contributed by atoms with van der Waals surface area (Å²) in [5.74, 6) is 0. The van der Waals surface area contributed by atoms with Crippen LogP contribution in [0.5, 0.6) is 0 Å². The number of nitrogens with zero attached hydrogens (tertiary/aromatic N) is 1. The lowest BCUT2D eigenvalue weighted by Gasteiger charge is -2.24. The van der Waals surface area contributed by atoms with Gasteiger partial charge in [-0.3, -0.25) is 0 Å². The Kier molecular flexibility index (Phi) is 5.10. The lowest BCUT2D eigenvalue weighted by Crippen LogP contribution is -2.13. The zero-order valence-corrected chi connectivity index (χ0v) is 22.0. The molecular weight excluding hydrogens is 492 g/mol. The Hall–Kier alpha value is -4.73. The molecule has 8 rings (SSSR count). The van der Waals surface area contributed by atoms with Crippen molar-refractivity contribution in [2.45, 2.75) is 6.04 Å². The van der Waals surface area contributed by atoms with E-state index in [-0.39, 0.29) is 6.04 Å². The van der Waals surface area contributed by atoms with Crippen molar-refractivity contribution >= 4 is 54.2 Å². The number of aromatic nitrogens is 1. The van der Waals surface area contributed by atoms with E-state index >= 15 is 0 Å². The maximum absolute atomic E-state index is 5.09. The second-order valence-electron chi connectivity index (χ2n) is 10.0. The Balaban J connectivity index is 1.15. The predicted octanol–water partition coefficient (Wildman–Crippen LogP) is 10.1. The Bertz CT molecular complexity index is 2040. The third-order valence-corrected chi connectivity index (χ3v) is 8.94. The average molecular weight is 517 g/mol.